The van der Waals surface area contributed by atoms with Gasteiger partial charge >= 0.3 is 5.97 Å². The number of anilines is 1. The van der Waals surface area contributed by atoms with E-state index in [0.29, 0.717) is 10.6 Å². The first-order valence-corrected chi connectivity index (χ1v) is 8.07. The molecular formula is C17H19NO3S. The van der Waals surface area contributed by atoms with Crippen LogP contribution in [0, 0.1) is 5.92 Å². The highest BCUT2D eigenvalue weighted by atomic mass is 32.1. The summed E-state index contributed by atoms with van der Waals surface area (Å²) in [7, 11) is 0. The number of thiophene rings is 1. The first kappa shape index (κ1) is 16.2. The SMILES string of the molecule is CCc1ccc(-c2csc(NC(=O)C(C)C)c2C(=O)O)cc1. The van der Waals surface area contributed by atoms with Crippen LogP contribution in [0.15, 0.2) is 29.6 Å². The van der Waals surface area contributed by atoms with Gasteiger partial charge in [0, 0.05) is 16.9 Å². The Morgan fingerprint density at radius 2 is 1.86 bits per heavy atom. The van der Waals surface area contributed by atoms with Gasteiger partial charge in [-0.15, -0.1) is 11.3 Å². The fourth-order valence-corrected chi connectivity index (χ4v) is 3.02. The largest absolute Gasteiger partial charge is 0.478 e. The normalized spacial score (nSPS) is 10.7. The van der Waals surface area contributed by atoms with E-state index < -0.39 is 5.97 Å². The van der Waals surface area contributed by atoms with Gasteiger partial charge < -0.3 is 10.4 Å². The lowest BCUT2D eigenvalue weighted by atomic mass is 10.0. The van der Waals surface area contributed by atoms with Crippen LogP contribution in [0.4, 0.5) is 5.00 Å². The van der Waals surface area contributed by atoms with Crippen molar-refractivity contribution in [3.63, 3.8) is 0 Å². The molecule has 0 aliphatic rings. The van der Waals surface area contributed by atoms with Crippen LogP contribution >= 0.6 is 11.3 Å². The lowest BCUT2D eigenvalue weighted by Crippen LogP contribution is -2.18. The quantitative estimate of drug-likeness (QED) is 0.865. The lowest BCUT2D eigenvalue weighted by molar-refractivity contribution is -0.118. The molecule has 1 aromatic heterocycles. The fraction of sp³-hybridized carbons (Fsp3) is 0.294. The lowest BCUT2D eigenvalue weighted by Gasteiger charge is -2.08. The third kappa shape index (κ3) is 3.36. The van der Waals surface area contributed by atoms with Crippen molar-refractivity contribution in [3.8, 4) is 11.1 Å². The predicted molar refractivity (Wildman–Crippen MR) is 89.6 cm³/mol. The first-order valence-electron chi connectivity index (χ1n) is 7.19. The summed E-state index contributed by atoms with van der Waals surface area (Å²) in [4.78, 5) is 23.4. The van der Waals surface area contributed by atoms with Gasteiger partial charge in [0.15, 0.2) is 0 Å². The van der Waals surface area contributed by atoms with Crippen LogP contribution in [0.2, 0.25) is 0 Å². The minimum Gasteiger partial charge on any atom is -0.478 e. The van der Waals surface area contributed by atoms with Crippen molar-refractivity contribution in [3.05, 3.63) is 40.8 Å². The van der Waals surface area contributed by atoms with Crippen molar-refractivity contribution >= 4 is 28.2 Å². The molecular weight excluding hydrogens is 298 g/mol. The molecule has 5 heteroatoms. The van der Waals surface area contributed by atoms with Crippen molar-refractivity contribution in [1.82, 2.24) is 0 Å². The van der Waals surface area contributed by atoms with E-state index in [-0.39, 0.29) is 17.4 Å². The van der Waals surface area contributed by atoms with Crippen molar-refractivity contribution in [2.75, 3.05) is 5.32 Å². The molecule has 1 heterocycles. The minimum absolute atomic E-state index is 0.156. The monoisotopic (exact) mass is 317 g/mol. The van der Waals surface area contributed by atoms with Gasteiger partial charge in [0.25, 0.3) is 0 Å². The summed E-state index contributed by atoms with van der Waals surface area (Å²) < 4.78 is 0. The summed E-state index contributed by atoms with van der Waals surface area (Å²) in [5.74, 6) is -1.41. The van der Waals surface area contributed by atoms with E-state index in [4.69, 9.17) is 0 Å². The smallest absolute Gasteiger partial charge is 0.339 e. The van der Waals surface area contributed by atoms with Crippen molar-refractivity contribution < 1.29 is 14.7 Å². The second-order valence-electron chi connectivity index (χ2n) is 5.35. The van der Waals surface area contributed by atoms with Crippen molar-refractivity contribution in [2.24, 2.45) is 5.92 Å². The molecule has 4 nitrogen and oxygen atoms in total. The fourth-order valence-electron chi connectivity index (χ4n) is 2.05. The molecule has 1 aromatic carbocycles. The maximum Gasteiger partial charge on any atom is 0.339 e. The molecule has 0 fully saturated rings. The number of aryl methyl sites for hydroxylation is 1. The van der Waals surface area contributed by atoms with Crippen LogP contribution < -0.4 is 5.32 Å². The summed E-state index contributed by atoms with van der Waals surface area (Å²) >= 11 is 1.24. The Kier molecular flexibility index (Phi) is 4.98. The maximum atomic E-state index is 11.8. The van der Waals surface area contributed by atoms with Crippen LogP contribution in [0.5, 0.6) is 0 Å². The highest BCUT2D eigenvalue weighted by Gasteiger charge is 2.21. The Balaban J connectivity index is 2.41. The van der Waals surface area contributed by atoms with Gasteiger partial charge in [-0.2, -0.15) is 0 Å². The molecule has 0 bridgehead atoms. The Morgan fingerprint density at radius 3 is 2.36 bits per heavy atom. The zero-order valence-corrected chi connectivity index (χ0v) is 13.7. The Bertz CT molecular complexity index is 686. The Morgan fingerprint density at radius 1 is 1.23 bits per heavy atom. The molecule has 2 N–H and O–H groups in total. The summed E-state index contributed by atoms with van der Waals surface area (Å²) in [5, 5.41) is 14.4. The molecule has 1 amide bonds. The topological polar surface area (TPSA) is 66.4 Å². The zero-order chi connectivity index (χ0) is 16.3. The Labute approximate surface area is 133 Å². The van der Waals surface area contributed by atoms with Gasteiger partial charge in [0.2, 0.25) is 5.91 Å². The summed E-state index contributed by atoms with van der Waals surface area (Å²) in [6.07, 6.45) is 0.936. The molecule has 22 heavy (non-hydrogen) atoms. The standard InChI is InChI=1S/C17H19NO3S/c1-4-11-5-7-12(8-6-11)13-9-22-16(14(13)17(20)21)18-15(19)10(2)3/h5-10H,4H2,1-3H3,(H,18,19)(H,20,21). The second-order valence-corrected chi connectivity index (χ2v) is 6.23. The number of hydrogen-bond acceptors (Lipinski definition) is 3. The molecule has 0 spiro atoms. The molecule has 0 unspecified atom stereocenters. The molecule has 0 saturated heterocycles. The number of benzene rings is 1. The molecule has 2 aromatic rings. The molecule has 0 aliphatic heterocycles. The number of rotatable bonds is 5. The van der Waals surface area contributed by atoms with Gasteiger partial charge in [-0.3, -0.25) is 4.79 Å². The summed E-state index contributed by atoms with van der Waals surface area (Å²) in [5.41, 5.74) is 2.84. The molecule has 0 saturated carbocycles. The number of aromatic carboxylic acids is 1. The predicted octanol–water partition coefficient (Wildman–Crippen LogP) is 4.27. The van der Waals surface area contributed by atoms with Crippen LogP contribution in [-0.2, 0) is 11.2 Å². The zero-order valence-electron chi connectivity index (χ0n) is 12.8. The van der Waals surface area contributed by atoms with Crippen LogP contribution in [0.3, 0.4) is 0 Å². The first-order chi connectivity index (χ1) is 10.4. The van der Waals surface area contributed by atoms with E-state index in [2.05, 4.69) is 12.2 Å². The second kappa shape index (κ2) is 6.75. The summed E-state index contributed by atoms with van der Waals surface area (Å²) in [6.45, 7) is 5.61. The minimum atomic E-state index is -1.03. The number of nitrogens with one attached hydrogen (secondary N) is 1. The molecule has 0 aliphatic carbocycles. The van der Waals surface area contributed by atoms with E-state index in [1.54, 1.807) is 19.2 Å². The van der Waals surface area contributed by atoms with Gasteiger partial charge in [-0.1, -0.05) is 45.0 Å². The average Bonchev–Trinajstić information content (AvgIpc) is 2.91. The van der Waals surface area contributed by atoms with E-state index in [1.165, 1.54) is 16.9 Å². The number of carbonyl (C=O) groups excluding carboxylic acids is 1. The highest BCUT2D eigenvalue weighted by Crippen LogP contribution is 2.36. The van der Waals surface area contributed by atoms with Crippen LogP contribution in [0.25, 0.3) is 11.1 Å². The molecule has 0 atom stereocenters. The summed E-state index contributed by atoms with van der Waals surface area (Å²) in [6, 6.07) is 7.82. The highest BCUT2D eigenvalue weighted by molar-refractivity contribution is 7.15. The average molecular weight is 317 g/mol. The number of amides is 1. The van der Waals surface area contributed by atoms with Crippen molar-refractivity contribution in [1.29, 1.82) is 0 Å². The molecule has 116 valence electrons. The van der Waals surface area contributed by atoms with E-state index in [1.807, 2.05) is 24.3 Å². The van der Waals surface area contributed by atoms with Gasteiger partial charge in [0.1, 0.15) is 10.6 Å². The van der Waals surface area contributed by atoms with E-state index >= 15 is 0 Å². The van der Waals surface area contributed by atoms with Gasteiger partial charge in [0.05, 0.1) is 0 Å². The van der Waals surface area contributed by atoms with Gasteiger partial charge in [-0.05, 0) is 17.5 Å². The third-order valence-electron chi connectivity index (χ3n) is 3.44. The van der Waals surface area contributed by atoms with Crippen LogP contribution in [-0.4, -0.2) is 17.0 Å². The molecule has 2 rings (SSSR count). The Hall–Kier alpha value is -2.14. The maximum absolute atomic E-state index is 11.8. The number of carboxylic acid groups (broad SMARTS) is 1. The van der Waals surface area contributed by atoms with Crippen LogP contribution in [0.1, 0.15) is 36.7 Å². The number of hydrogen-bond donors (Lipinski definition) is 2. The molecule has 0 radical (unpaired) electrons. The third-order valence-corrected chi connectivity index (χ3v) is 4.33. The van der Waals surface area contributed by atoms with E-state index in [9.17, 15) is 14.7 Å². The number of carbonyl (C=O) groups is 2. The number of carboxylic acids is 1. The van der Waals surface area contributed by atoms with Crippen molar-refractivity contribution in [2.45, 2.75) is 27.2 Å². The van der Waals surface area contributed by atoms with Gasteiger partial charge in [-0.25, -0.2) is 4.79 Å². The van der Waals surface area contributed by atoms with E-state index in [0.717, 1.165) is 12.0 Å².